The summed E-state index contributed by atoms with van der Waals surface area (Å²) in [7, 11) is 0. The third-order valence-electron chi connectivity index (χ3n) is 3.50. The lowest BCUT2D eigenvalue weighted by molar-refractivity contribution is -0.137. The second kappa shape index (κ2) is 6.56. The van der Waals surface area contributed by atoms with Gasteiger partial charge in [-0.1, -0.05) is 0 Å². The quantitative estimate of drug-likeness (QED) is 0.799. The van der Waals surface area contributed by atoms with Gasteiger partial charge in [-0.15, -0.1) is 11.6 Å². The molecule has 1 aliphatic heterocycles. The predicted octanol–water partition coefficient (Wildman–Crippen LogP) is 2.98. The molecule has 1 heterocycles. The molecule has 116 valence electrons. The first-order valence-electron chi connectivity index (χ1n) is 6.68. The number of hydrogen-bond acceptors (Lipinski definition) is 2. The van der Waals surface area contributed by atoms with Gasteiger partial charge in [-0.3, -0.25) is 4.79 Å². The molecule has 1 amide bonds. The van der Waals surface area contributed by atoms with Crippen LogP contribution in [0.25, 0.3) is 0 Å². The second-order valence-corrected chi connectivity index (χ2v) is 5.23. The zero-order valence-corrected chi connectivity index (χ0v) is 12.1. The zero-order valence-electron chi connectivity index (χ0n) is 11.4. The van der Waals surface area contributed by atoms with Crippen LogP contribution in [-0.2, 0) is 11.0 Å². The lowest BCUT2D eigenvalue weighted by atomic mass is 10.1. The van der Waals surface area contributed by atoms with Crippen molar-refractivity contribution in [3.8, 4) is 0 Å². The first-order valence-corrected chi connectivity index (χ1v) is 7.21. The molecular weight excluding hydrogens is 305 g/mol. The van der Waals surface area contributed by atoms with Gasteiger partial charge in [0.15, 0.2) is 0 Å². The molecule has 3 nitrogen and oxygen atoms in total. The van der Waals surface area contributed by atoms with Crippen LogP contribution in [0, 0.1) is 0 Å². The number of piperazine rings is 1. The first-order chi connectivity index (χ1) is 9.91. The van der Waals surface area contributed by atoms with E-state index in [9.17, 15) is 18.0 Å². The summed E-state index contributed by atoms with van der Waals surface area (Å²) < 4.78 is 37.5. The van der Waals surface area contributed by atoms with E-state index in [4.69, 9.17) is 11.6 Å². The fourth-order valence-electron chi connectivity index (χ4n) is 2.31. The molecule has 1 fully saturated rings. The fraction of sp³-hybridized carbons (Fsp3) is 0.500. The van der Waals surface area contributed by atoms with Gasteiger partial charge in [-0.25, -0.2) is 0 Å². The monoisotopic (exact) mass is 320 g/mol. The van der Waals surface area contributed by atoms with Crippen molar-refractivity contribution in [1.82, 2.24) is 4.90 Å². The Morgan fingerprint density at radius 3 is 2.14 bits per heavy atom. The smallest absolute Gasteiger partial charge is 0.368 e. The zero-order chi connectivity index (χ0) is 15.5. The standard InChI is InChI=1S/C14H16ClF3N2O/c15-6-5-13(21)20-9-7-19(8-10-20)12-3-1-11(2-4-12)14(16,17)18/h1-4H,5-10H2. The molecule has 0 N–H and O–H groups in total. The van der Waals surface area contributed by atoms with Crippen LogP contribution >= 0.6 is 11.6 Å². The molecule has 0 saturated carbocycles. The van der Waals surface area contributed by atoms with Crippen molar-refractivity contribution in [2.75, 3.05) is 37.0 Å². The number of rotatable bonds is 3. The van der Waals surface area contributed by atoms with E-state index in [1.165, 1.54) is 12.1 Å². The van der Waals surface area contributed by atoms with Crippen LogP contribution in [0.15, 0.2) is 24.3 Å². The van der Waals surface area contributed by atoms with Crippen LogP contribution in [0.2, 0.25) is 0 Å². The Labute approximate surface area is 126 Å². The maximum Gasteiger partial charge on any atom is 0.416 e. The van der Waals surface area contributed by atoms with Gasteiger partial charge in [0.2, 0.25) is 5.91 Å². The van der Waals surface area contributed by atoms with Crippen molar-refractivity contribution in [2.45, 2.75) is 12.6 Å². The Morgan fingerprint density at radius 1 is 1.10 bits per heavy atom. The Bertz CT molecular complexity index is 482. The van der Waals surface area contributed by atoms with E-state index >= 15 is 0 Å². The SMILES string of the molecule is O=C(CCCl)N1CCN(c2ccc(C(F)(F)F)cc2)CC1. The second-order valence-electron chi connectivity index (χ2n) is 4.85. The highest BCUT2D eigenvalue weighted by Gasteiger charge is 2.30. The van der Waals surface area contributed by atoms with E-state index in [1.54, 1.807) is 4.90 Å². The Kier molecular flexibility index (Phi) is 4.98. The molecule has 0 unspecified atom stereocenters. The number of nitrogens with zero attached hydrogens (tertiary/aromatic N) is 2. The summed E-state index contributed by atoms with van der Waals surface area (Å²) in [6.45, 7) is 2.35. The molecule has 0 radical (unpaired) electrons. The van der Waals surface area contributed by atoms with E-state index in [2.05, 4.69) is 0 Å². The summed E-state index contributed by atoms with van der Waals surface area (Å²) in [5.41, 5.74) is 0.0922. The average Bonchev–Trinajstić information content (AvgIpc) is 2.47. The largest absolute Gasteiger partial charge is 0.416 e. The van der Waals surface area contributed by atoms with Gasteiger partial charge < -0.3 is 9.80 Å². The van der Waals surface area contributed by atoms with Crippen LogP contribution < -0.4 is 4.90 Å². The van der Waals surface area contributed by atoms with Gasteiger partial charge in [-0.2, -0.15) is 13.2 Å². The van der Waals surface area contributed by atoms with E-state index in [0.717, 1.165) is 17.8 Å². The van der Waals surface area contributed by atoms with Crippen molar-refractivity contribution in [3.05, 3.63) is 29.8 Å². The average molecular weight is 321 g/mol. The Hall–Kier alpha value is -1.43. The number of benzene rings is 1. The maximum atomic E-state index is 12.5. The van der Waals surface area contributed by atoms with Crippen LogP contribution in [0.1, 0.15) is 12.0 Å². The predicted molar refractivity (Wildman–Crippen MR) is 75.6 cm³/mol. The van der Waals surface area contributed by atoms with Crippen LogP contribution in [-0.4, -0.2) is 42.9 Å². The molecule has 21 heavy (non-hydrogen) atoms. The molecular formula is C14H16ClF3N2O. The number of carbonyl (C=O) groups excluding carboxylic acids is 1. The molecule has 7 heteroatoms. The van der Waals surface area contributed by atoms with Crippen molar-refractivity contribution in [3.63, 3.8) is 0 Å². The lowest BCUT2D eigenvalue weighted by Crippen LogP contribution is -2.48. The van der Waals surface area contributed by atoms with Gasteiger partial charge in [0.05, 0.1) is 5.56 Å². The van der Waals surface area contributed by atoms with Crippen molar-refractivity contribution < 1.29 is 18.0 Å². The van der Waals surface area contributed by atoms with Gasteiger partial charge in [0, 0.05) is 44.2 Å². The highest BCUT2D eigenvalue weighted by molar-refractivity contribution is 6.18. The maximum absolute atomic E-state index is 12.5. The molecule has 1 aromatic carbocycles. The molecule has 1 aliphatic rings. The molecule has 0 aromatic heterocycles. The minimum Gasteiger partial charge on any atom is -0.368 e. The van der Waals surface area contributed by atoms with Crippen LogP contribution in [0.4, 0.5) is 18.9 Å². The van der Waals surface area contributed by atoms with E-state index in [0.29, 0.717) is 38.5 Å². The van der Waals surface area contributed by atoms with Gasteiger partial charge in [0.25, 0.3) is 0 Å². The summed E-state index contributed by atoms with van der Waals surface area (Å²) in [6, 6.07) is 5.11. The lowest BCUT2D eigenvalue weighted by Gasteiger charge is -2.36. The summed E-state index contributed by atoms with van der Waals surface area (Å²) in [5.74, 6) is 0.329. The first kappa shape index (κ1) is 15.9. The molecule has 0 spiro atoms. The van der Waals surface area contributed by atoms with Gasteiger partial charge in [0.1, 0.15) is 0 Å². The van der Waals surface area contributed by atoms with Crippen LogP contribution in [0.5, 0.6) is 0 Å². The molecule has 1 aromatic rings. The normalized spacial score (nSPS) is 16.2. The van der Waals surface area contributed by atoms with Crippen molar-refractivity contribution >= 4 is 23.2 Å². The van der Waals surface area contributed by atoms with Gasteiger partial charge >= 0.3 is 6.18 Å². The number of alkyl halides is 4. The molecule has 1 saturated heterocycles. The van der Waals surface area contributed by atoms with E-state index < -0.39 is 11.7 Å². The number of anilines is 1. The number of carbonyl (C=O) groups is 1. The van der Waals surface area contributed by atoms with Crippen LogP contribution in [0.3, 0.4) is 0 Å². The molecule has 2 rings (SSSR count). The minimum atomic E-state index is -4.31. The summed E-state index contributed by atoms with van der Waals surface area (Å²) >= 11 is 5.54. The Balaban J connectivity index is 1.95. The third kappa shape index (κ3) is 4.03. The summed E-state index contributed by atoms with van der Waals surface area (Å²) in [5, 5.41) is 0. The van der Waals surface area contributed by atoms with Crippen molar-refractivity contribution in [2.24, 2.45) is 0 Å². The summed E-state index contributed by atoms with van der Waals surface area (Å²) in [4.78, 5) is 15.4. The third-order valence-corrected chi connectivity index (χ3v) is 3.69. The number of hydrogen-bond donors (Lipinski definition) is 0. The van der Waals surface area contributed by atoms with E-state index in [-0.39, 0.29) is 5.91 Å². The molecule has 0 bridgehead atoms. The molecule has 0 atom stereocenters. The Morgan fingerprint density at radius 2 is 1.67 bits per heavy atom. The number of halogens is 4. The number of amides is 1. The van der Waals surface area contributed by atoms with Crippen molar-refractivity contribution in [1.29, 1.82) is 0 Å². The highest BCUT2D eigenvalue weighted by Crippen LogP contribution is 2.30. The fourth-order valence-corrected chi connectivity index (χ4v) is 2.48. The summed E-state index contributed by atoms with van der Waals surface area (Å²) in [6.07, 6.45) is -3.99. The highest BCUT2D eigenvalue weighted by atomic mass is 35.5. The van der Waals surface area contributed by atoms with E-state index in [1.807, 2.05) is 4.90 Å². The molecule has 0 aliphatic carbocycles. The van der Waals surface area contributed by atoms with Gasteiger partial charge in [-0.05, 0) is 24.3 Å². The topological polar surface area (TPSA) is 23.6 Å². The minimum absolute atomic E-state index is 0.0251.